The van der Waals surface area contributed by atoms with Crippen LogP contribution in [0.15, 0.2) is 30.3 Å². The van der Waals surface area contributed by atoms with Gasteiger partial charge in [0.05, 0.1) is 27.7 Å². The van der Waals surface area contributed by atoms with Crippen molar-refractivity contribution in [1.29, 1.82) is 0 Å². The van der Waals surface area contributed by atoms with Crippen molar-refractivity contribution in [2.24, 2.45) is 0 Å². The van der Waals surface area contributed by atoms with Crippen LogP contribution in [0.5, 0.6) is 0 Å². The van der Waals surface area contributed by atoms with E-state index < -0.39 is 0 Å². The summed E-state index contributed by atoms with van der Waals surface area (Å²) in [6.07, 6.45) is 0. The van der Waals surface area contributed by atoms with Crippen LogP contribution >= 0.6 is 11.6 Å². The molecule has 0 aromatic heterocycles. The van der Waals surface area contributed by atoms with Gasteiger partial charge in [0, 0.05) is 5.88 Å². The van der Waals surface area contributed by atoms with Crippen LogP contribution in [-0.4, -0.2) is 43.9 Å². The lowest BCUT2D eigenvalue weighted by molar-refractivity contribution is -0.870. The second-order valence-corrected chi connectivity index (χ2v) is 4.62. The highest BCUT2D eigenvalue weighted by Crippen LogP contribution is 2.00. The third-order valence-corrected chi connectivity index (χ3v) is 2.08. The minimum Gasteiger partial charge on any atom is -0.391 e. The zero-order valence-corrected chi connectivity index (χ0v) is 10.5. The van der Waals surface area contributed by atoms with Crippen LogP contribution in [0.4, 0.5) is 0 Å². The Labute approximate surface area is 97.7 Å². The summed E-state index contributed by atoms with van der Waals surface area (Å²) < 4.78 is 0.844. The van der Waals surface area contributed by atoms with E-state index in [0.29, 0.717) is 5.88 Å². The first-order valence-corrected chi connectivity index (χ1v) is 5.54. The second-order valence-electron chi connectivity index (χ2n) is 4.36. The molecule has 15 heavy (non-hydrogen) atoms. The van der Waals surface area contributed by atoms with Crippen LogP contribution in [0, 0.1) is 0 Å². The van der Waals surface area contributed by atoms with Crippen molar-refractivity contribution < 1.29 is 9.59 Å². The van der Waals surface area contributed by atoms with Crippen molar-refractivity contribution in [3.8, 4) is 0 Å². The van der Waals surface area contributed by atoms with Crippen molar-refractivity contribution in [3.63, 3.8) is 0 Å². The van der Waals surface area contributed by atoms with E-state index >= 15 is 0 Å². The van der Waals surface area contributed by atoms with Crippen LogP contribution < -0.4 is 0 Å². The first kappa shape index (κ1) is 14.4. The first-order chi connectivity index (χ1) is 6.99. The monoisotopic (exact) mass is 230 g/mol. The summed E-state index contributed by atoms with van der Waals surface area (Å²) in [4.78, 5) is 0. The quantitative estimate of drug-likeness (QED) is 0.623. The SMILES string of the molecule is C[N+](C)(C)CCO.ClCc1ccccc1. The van der Waals surface area contributed by atoms with Gasteiger partial charge in [-0.05, 0) is 5.56 Å². The predicted molar refractivity (Wildman–Crippen MR) is 66.0 cm³/mol. The standard InChI is InChI=1S/C7H7Cl.C5H14NO/c8-6-7-4-2-1-3-5-7;1-6(2,3)4-5-7/h1-5H,6H2;7H,4-5H2,1-3H3/q;+1. The number of quaternary nitrogens is 1. The van der Waals surface area contributed by atoms with Gasteiger partial charge in [-0.1, -0.05) is 30.3 Å². The van der Waals surface area contributed by atoms with Gasteiger partial charge in [-0.15, -0.1) is 11.6 Å². The average molecular weight is 231 g/mol. The van der Waals surface area contributed by atoms with Crippen molar-refractivity contribution in [1.82, 2.24) is 0 Å². The van der Waals surface area contributed by atoms with E-state index in [-0.39, 0.29) is 6.61 Å². The Bertz CT molecular complexity index is 244. The van der Waals surface area contributed by atoms with Crippen LogP contribution in [0.2, 0.25) is 0 Å². The van der Waals surface area contributed by atoms with Gasteiger partial charge in [0.25, 0.3) is 0 Å². The van der Waals surface area contributed by atoms with E-state index in [2.05, 4.69) is 21.1 Å². The maximum atomic E-state index is 8.39. The fourth-order valence-electron chi connectivity index (χ4n) is 0.867. The van der Waals surface area contributed by atoms with Gasteiger partial charge in [-0.2, -0.15) is 0 Å². The summed E-state index contributed by atoms with van der Waals surface area (Å²) in [5.41, 5.74) is 1.18. The lowest BCUT2D eigenvalue weighted by Gasteiger charge is -2.21. The number of nitrogens with zero attached hydrogens (tertiary/aromatic N) is 1. The molecule has 3 heteroatoms. The number of benzene rings is 1. The molecule has 0 unspecified atom stereocenters. The maximum absolute atomic E-state index is 8.39. The average Bonchev–Trinajstić information content (AvgIpc) is 2.18. The lowest BCUT2D eigenvalue weighted by atomic mass is 10.2. The van der Waals surface area contributed by atoms with E-state index in [9.17, 15) is 0 Å². The van der Waals surface area contributed by atoms with Gasteiger partial charge in [-0.3, -0.25) is 0 Å². The molecule has 0 saturated heterocycles. The van der Waals surface area contributed by atoms with Crippen molar-refractivity contribution in [2.75, 3.05) is 34.3 Å². The Morgan fingerprint density at radius 2 is 1.67 bits per heavy atom. The Morgan fingerprint density at radius 1 is 1.13 bits per heavy atom. The first-order valence-electron chi connectivity index (χ1n) is 5.01. The van der Waals surface area contributed by atoms with E-state index in [4.69, 9.17) is 16.7 Å². The number of likely N-dealkylation sites (N-methyl/N-ethyl adjacent to an activating group) is 1. The van der Waals surface area contributed by atoms with Crippen molar-refractivity contribution in [2.45, 2.75) is 5.88 Å². The molecule has 0 atom stereocenters. The lowest BCUT2D eigenvalue weighted by Crippen LogP contribution is -2.36. The van der Waals surface area contributed by atoms with Gasteiger partial charge >= 0.3 is 0 Å². The summed E-state index contributed by atoms with van der Waals surface area (Å²) >= 11 is 5.53. The molecule has 1 N–H and O–H groups in total. The molecule has 0 heterocycles. The maximum Gasteiger partial charge on any atom is 0.101 e. The Hall–Kier alpha value is -0.570. The molecule has 0 aliphatic rings. The number of rotatable bonds is 3. The highest BCUT2D eigenvalue weighted by Gasteiger charge is 2.02. The van der Waals surface area contributed by atoms with E-state index in [1.807, 2.05) is 30.3 Å². The number of hydrogen-bond donors (Lipinski definition) is 1. The van der Waals surface area contributed by atoms with Gasteiger partial charge in [-0.25, -0.2) is 0 Å². The van der Waals surface area contributed by atoms with Crippen LogP contribution in [-0.2, 0) is 5.88 Å². The summed E-state index contributed by atoms with van der Waals surface area (Å²) in [6, 6.07) is 9.96. The minimum atomic E-state index is 0.281. The van der Waals surface area contributed by atoms with Gasteiger partial charge in [0.15, 0.2) is 0 Å². The van der Waals surface area contributed by atoms with E-state index in [0.717, 1.165) is 11.0 Å². The molecule has 0 amide bonds. The molecule has 0 spiro atoms. The largest absolute Gasteiger partial charge is 0.391 e. The van der Waals surface area contributed by atoms with E-state index in [1.54, 1.807) is 0 Å². The smallest absolute Gasteiger partial charge is 0.101 e. The van der Waals surface area contributed by atoms with Crippen LogP contribution in [0.25, 0.3) is 0 Å². The summed E-state index contributed by atoms with van der Waals surface area (Å²) in [6.45, 7) is 1.11. The Morgan fingerprint density at radius 3 is 1.87 bits per heavy atom. The third-order valence-electron chi connectivity index (χ3n) is 1.77. The summed E-state index contributed by atoms with van der Waals surface area (Å²) in [5, 5.41) is 8.39. The Kier molecular flexibility index (Phi) is 7.39. The number of alkyl halides is 1. The molecule has 0 aliphatic heterocycles. The fraction of sp³-hybridized carbons (Fsp3) is 0.500. The molecule has 1 aromatic rings. The van der Waals surface area contributed by atoms with Crippen LogP contribution in [0.3, 0.4) is 0 Å². The molecular formula is C12H21ClNO+. The van der Waals surface area contributed by atoms with Gasteiger partial charge in [0.2, 0.25) is 0 Å². The number of halogens is 1. The highest BCUT2D eigenvalue weighted by atomic mass is 35.5. The second kappa shape index (κ2) is 7.69. The highest BCUT2D eigenvalue weighted by molar-refractivity contribution is 6.17. The molecule has 0 bridgehead atoms. The zero-order chi connectivity index (χ0) is 11.7. The number of aliphatic hydroxyl groups excluding tert-OH is 1. The molecular weight excluding hydrogens is 210 g/mol. The molecule has 0 fully saturated rings. The summed E-state index contributed by atoms with van der Waals surface area (Å²) in [5.74, 6) is 0.612. The third kappa shape index (κ3) is 9.73. The minimum absolute atomic E-state index is 0.281. The molecule has 1 aromatic carbocycles. The molecule has 1 rings (SSSR count). The van der Waals surface area contributed by atoms with Crippen molar-refractivity contribution in [3.05, 3.63) is 35.9 Å². The van der Waals surface area contributed by atoms with E-state index in [1.165, 1.54) is 5.56 Å². The van der Waals surface area contributed by atoms with Crippen LogP contribution in [0.1, 0.15) is 5.56 Å². The van der Waals surface area contributed by atoms with Crippen molar-refractivity contribution >= 4 is 11.6 Å². The van der Waals surface area contributed by atoms with Gasteiger partial charge in [0.1, 0.15) is 6.54 Å². The summed E-state index contributed by atoms with van der Waals surface area (Å²) in [7, 11) is 6.16. The zero-order valence-electron chi connectivity index (χ0n) is 9.78. The molecule has 0 saturated carbocycles. The molecule has 0 aliphatic carbocycles. The number of hydrogen-bond acceptors (Lipinski definition) is 1. The molecule has 2 nitrogen and oxygen atoms in total. The molecule has 0 radical (unpaired) electrons. The normalized spacial score (nSPS) is 10.5. The fourth-order valence-corrected chi connectivity index (χ4v) is 1.05. The van der Waals surface area contributed by atoms with Gasteiger partial charge < -0.3 is 9.59 Å². The Balaban J connectivity index is 0.000000265. The predicted octanol–water partition coefficient (Wildman–Crippen LogP) is 2.11. The number of aliphatic hydroxyl groups is 1. The topological polar surface area (TPSA) is 20.2 Å². The molecule has 86 valence electrons.